The SMILES string of the molecule is CCOC(=O)/C=C/c1c(Oc2ccc(F)c(-c3cc[nH]n3)c2)c(F)cc2c1ccn2SI. The maximum atomic E-state index is 15.2. The van der Waals surface area contributed by atoms with Gasteiger partial charge in [-0.05, 0) is 43.3 Å². The molecule has 0 fully saturated rings. The smallest absolute Gasteiger partial charge is 0.330 e. The molecule has 4 rings (SSSR count). The fourth-order valence-electron chi connectivity index (χ4n) is 3.20. The Morgan fingerprint density at radius 1 is 1.25 bits per heavy atom. The number of fused-ring (bicyclic) bond motifs is 1. The Bertz CT molecular complexity index is 1310. The number of esters is 1. The molecule has 6 nitrogen and oxygen atoms in total. The molecule has 32 heavy (non-hydrogen) atoms. The molecule has 4 aromatic rings. The number of carbonyl (C=O) groups is 1. The zero-order chi connectivity index (χ0) is 22.7. The van der Waals surface area contributed by atoms with E-state index >= 15 is 4.39 Å². The van der Waals surface area contributed by atoms with Crippen LogP contribution in [-0.2, 0) is 9.53 Å². The molecule has 10 heteroatoms. The topological polar surface area (TPSA) is 69.1 Å². The first-order valence-electron chi connectivity index (χ1n) is 9.46. The Balaban J connectivity index is 1.81. The van der Waals surface area contributed by atoms with Crippen molar-refractivity contribution in [3.05, 3.63) is 72.1 Å². The van der Waals surface area contributed by atoms with Crippen LogP contribution in [-0.4, -0.2) is 26.7 Å². The van der Waals surface area contributed by atoms with Gasteiger partial charge in [-0.15, -0.1) is 0 Å². The molecule has 0 saturated carbocycles. The van der Waals surface area contributed by atoms with Crippen LogP contribution in [0.4, 0.5) is 8.78 Å². The number of aromatic amines is 1. The van der Waals surface area contributed by atoms with E-state index in [1.165, 1.54) is 45.5 Å². The van der Waals surface area contributed by atoms with E-state index in [0.717, 1.165) is 0 Å². The lowest BCUT2D eigenvalue weighted by Crippen LogP contribution is -1.99. The van der Waals surface area contributed by atoms with Gasteiger partial charge >= 0.3 is 5.97 Å². The predicted octanol–water partition coefficient (Wildman–Crippen LogP) is 6.52. The van der Waals surface area contributed by atoms with Crippen LogP contribution in [0, 0.1) is 11.6 Å². The first kappa shape index (κ1) is 22.3. The third-order valence-corrected chi connectivity index (χ3v) is 6.33. The van der Waals surface area contributed by atoms with Crippen LogP contribution in [0.15, 0.2) is 54.9 Å². The fraction of sp³-hybridized carbons (Fsp3) is 0.0909. The van der Waals surface area contributed by atoms with Crippen LogP contribution >= 0.6 is 30.3 Å². The molecule has 2 heterocycles. The van der Waals surface area contributed by atoms with Crippen molar-refractivity contribution in [1.82, 2.24) is 14.2 Å². The van der Waals surface area contributed by atoms with Crippen molar-refractivity contribution in [3.63, 3.8) is 0 Å². The van der Waals surface area contributed by atoms with Crippen LogP contribution in [0.25, 0.3) is 28.2 Å². The Hall–Kier alpha value is -2.86. The molecule has 0 spiro atoms. The molecule has 0 unspecified atom stereocenters. The van der Waals surface area contributed by atoms with E-state index in [1.807, 2.05) is 0 Å². The zero-order valence-electron chi connectivity index (χ0n) is 16.6. The van der Waals surface area contributed by atoms with Crippen molar-refractivity contribution < 1.29 is 23.0 Å². The second-order valence-corrected chi connectivity index (χ2v) is 8.25. The average molecular weight is 567 g/mol. The van der Waals surface area contributed by atoms with E-state index in [0.29, 0.717) is 22.2 Å². The van der Waals surface area contributed by atoms with Crippen LogP contribution in [0.5, 0.6) is 11.5 Å². The Kier molecular flexibility index (Phi) is 6.80. The van der Waals surface area contributed by atoms with Gasteiger partial charge in [-0.3, -0.25) is 9.07 Å². The molecule has 0 saturated heterocycles. The number of nitrogens with one attached hydrogen (secondary N) is 1. The Morgan fingerprint density at radius 3 is 2.81 bits per heavy atom. The minimum absolute atomic E-state index is 0.0890. The summed E-state index contributed by atoms with van der Waals surface area (Å²) in [5.41, 5.74) is 1.58. The number of hydrogen-bond donors (Lipinski definition) is 1. The number of hydrogen-bond acceptors (Lipinski definition) is 5. The number of aromatic nitrogens is 3. The molecule has 1 N–H and O–H groups in total. The summed E-state index contributed by atoms with van der Waals surface area (Å²) in [5.74, 6) is -1.54. The highest BCUT2D eigenvalue weighted by Crippen LogP contribution is 2.38. The standard InChI is InChI=1S/C22H16F2IN3O3S/c1-2-30-21(29)6-4-15-14-8-10-28(32-25)20(14)12-18(24)22(15)31-13-3-5-17(23)16(11-13)19-7-9-26-27-19/h3-12H,2H2,1H3,(H,26,27)/b6-4+. The number of benzene rings is 2. The van der Waals surface area contributed by atoms with Crippen molar-refractivity contribution in [2.45, 2.75) is 6.92 Å². The van der Waals surface area contributed by atoms with Crippen molar-refractivity contribution in [2.75, 3.05) is 6.61 Å². The molecule has 0 atom stereocenters. The quantitative estimate of drug-likeness (QED) is 0.156. The second-order valence-electron chi connectivity index (χ2n) is 6.53. The van der Waals surface area contributed by atoms with Gasteiger partial charge in [0, 0.05) is 71.4 Å². The summed E-state index contributed by atoms with van der Waals surface area (Å²) in [4.78, 5) is 11.9. The molecule has 0 aliphatic carbocycles. The van der Waals surface area contributed by atoms with Gasteiger partial charge in [0.2, 0.25) is 0 Å². The van der Waals surface area contributed by atoms with E-state index < -0.39 is 17.6 Å². The summed E-state index contributed by atoms with van der Waals surface area (Å²) >= 11 is 2.09. The highest BCUT2D eigenvalue weighted by atomic mass is 127. The number of H-pyrrole nitrogens is 1. The molecule has 0 aliphatic rings. The maximum absolute atomic E-state index is 15.2. The lowest BCUT2D eigenvalue weighted by molar-refractivity contribution is -0.137. The molecule has 0 amide bonds. The van der Waals surface area contributed by atoms with Gasteiger partial charge in [0.05, 0.1) is 17.8 Å². The largest absolute Gasteiger partial charge is 0.463 e. The van der Waals surface area contributed by atoms with Crippen LogP contribution in [0.2, 0.25) is 0 Å². The first-order chi connectivity index (χ1) is 15.5. The summed E-state index contributed by atoms with van der Waals surface area (Å²) in [5, 5.41) is 7.30. The Morgan fingerprint density at radius 2 is 2.09 bits per heavy atom. The molecule has 0 radical (unpaired) electrons. The fourth-order valence-corrected chi connectivity index (χ4v) is 4.56. The number of halogens is 3. The van der Waals surface area contributed by atoms with Gasteiger partial charge in [-0.25, -0.2) is 13.6 Å². The van der Waals surface area contributed by atoms with Crippen molar-refractivity contribution in [2.24, 2.45) is 0 Å². The van der Waals surface area contributed by atoms with Gasteiger partial charge in [0.1, 0.15) is 11.6 Å². The van der Waals surface area contributed by atoms with E-state index in [-0.39, 0.29) is 23.7 Å². The summed E-state index contributed by atoms with van der Waals surface area (Å²) in [7, 11) is 1.38. The number of rotatable bonds is 7. The Labute approximate surface area is 198 Å². The third kappa shape index (κ3) is 4.51. The molecular formula is C22H16F2IN3O3S. The molecule has 2 aromatic heterocycles. The molecule has 0 aliphatic heterocycles. The zero-order valence-corrected chi connectivity index (χ0v) is 19.6. The van der Waals surface area contributed by atoms with Crippen molar-refractivity contribution in [3.8, 4) is 22.8 Å². The minimum Gasteiger partial charge on any atom is -0.463 e. The molecular weight excluding hydrogens is 551 g/mol. The lowest BCUT2D eigenvalue weighted by Gasteiger charge is -2.13. The second kappa shape index (κ2) is 9.74. The van der Waals surface area contributed by atoms with Gasteiger partial charge in [-0.1, -0.05) is 0 Å². The highest BCUT2D eigenvalue weighted by Gasteiger charge is 2.18. The molecule has 164 valence electrons. The average Bonchev–Trinajstić information content (AvgIpc) is 3.45. The normalized spacial score (nSPS) is 11.4. The van der Waals surface area contributed by atoms with Gasteiger partial charge in [-0.2, -0.15) is 5.10 Å². The van der Waals surface area contributed by atoms with Crippen molar-refractivity contribution >= 4 is 53.3 Å². The highest BCUT2D eigenvalue weighted by molar-refractivity contribution is 14.2. The summed E-state index contributed by atoms with van der Waals surface area (Å²) in [6.45, 7) is 1.92. The lowest BCUT2D eigenvalue weighted by atomic mass is 10.1. The predicted molar refractivity (Wildman–Crippen MR) is 129 cm³/mol. The number of nitrogens with zero attached hydrogens (tertiary/aromatic N) is 2. The van der Waals surface area contributed by atoms with E-state index in [2.05, 4.69) is 31.4 Å². The van der Waals surface area contributed by atoms with Crippen LogP contribution in [0.3, 0.4) is 0 Å². The van der Waals surface area contributed by atoms with Gasteiger partial charge in [0.15, 0.2) is 11.6 Å². The number of carbonyl (C=O) groups excluding carboxylic acids is 1. The van der Waals surface area contributed by atoms with E-state index in [4.69, 9.17) is 9.47 Å². The summed E-state index contributed by atoms with van der Waals surface area (Å²) < 4.78 is 42.1. The van der Waals surface area contributed by atoms with Crippen molar-refractivity contribution in [1.29, 1.82) is 0 Å². The summed E-state index contributed by atoms with van der Waals surface area (Å²) in [6, 6.07) is 8.85. The molecule has 2 aromatic carbocycles. The minimum atomic E-state index is -0.628. The monoisotopic (exact) mass is 567 g/mol. The van der Waals surface area contributed by atoms with Crippen LogP contribution in [0.1, 0.15) is 12.5 Å². The molecule has 0 bridgehead atoms. The van der Waals surface area contributed by atoms with Crippen LogP contribution < -0.4 is 4.74 Å². The van der Waals surface area contributed by atoms with Gasteiger partial charge in [0.25, 0.3) is 0 Å². The van der Waals surface area contributed by atoms with Gasteiger partial charge < -0.3 is 9.47 Å². The summed E-state index contributed by atoms with van der Waals surface area (Å²) in [6.07, 6.45) is 6.04. The van der Waals surface area contributed by atoms with E-state index in [1.54, 1.807) is 35.4 Å². The maximum Gasteiger partial charge on any atom is 0.330 e. The number of ether oxygens (including phenoxy) is 2. The first-order valence-corrected chi connectivity index (χ1v) is 12.8. The third-order valence-electron chi connectivity index (χ3n) is 4.59. The van der Waals surface area contributed by atoms with E-state index in [9.17, 15) is 9.18 Å².